The highest BCUT2D eigenvalue weighted by Gasteiger charge is 2.21. The van der Waals surface area contributed by atoms with Crippen molar-refractivity contribution < 1.29 is 9.90 Å². The van der Waals surface area contributed by atoms with E-state index < -0.39 is 0 Å². The Morgan fingerprint density at radius 2 is 2.32 bits per heavy atom. The molecule has 1 aromatic rings. The van der Waals surface area contributed by atoms with E-state index in [1.165, 1.54) is 10.4 Å². The number of rotatable bonds is 4. The first-order valence-electron chi connectivity index (χ1n) is 7.15. The molecular formula is C15H23NO2S. The van der Waals surface area contributed by atoms with Gasteiger partial charge >= 0.3 is 0 Å². The van der Waals surface area contributed by atoms with Crippen LogP contribution in [0.5, 0.6) is 0 Å². The van der Waals surface area contributed by atoms with Crippen molar-refractivity contribution in [2.45, 2.75) is 52.1 Å². The third-order valence-corrected chi connectivity index (χ3v) is 5.25. The Bertz CT molecular complexity index is 441. The Kier molecular flexibility index (Phi) is 4.99. The molecule has 1 aliphatic rings. The highest BCUT2D eigenvalue weighted by Crippen LogP contribution is 2.25. The van der Waals surface area contributed by atoms with Crippen LogP contribution in [0.2, 0.25) is 0 Å². The summed E-state index contributed by atoms with van der Waals surface area (Å²) in [7, 11) is 0. The van der Waals surface area contributed by atoms with Crippen LogP contribution in [0.15, 0.2) is 6.07 Å². The molecule has 2 atom stereocenters. The molecule has 1 saturated carbocycles. The molecule has 3 nitrogen and oxygen atoms in total. The van der Waals surface area contributed by atoms with Crippen molar-refractivity contribution in [3.05, 3.63) is 21.4 Å². The van der Waals surface area contributed by atoms with Gasteiger partial charge in [-0.3, -0.25) is 4.79 Å². The van der Waals surface area contributed by atoms with E-state index in [0.29, 0.717) is 12.5 Å². The van der Waals surface area contributed by atoms with E-state index in [0.717, 1.165) is 37.0 Å². The van der Waals surface area contributed by atoms with Crippen molar-refractivity contribution in [1.29, 1.82) is 0 Å². The van der Waals surface area contributed by atoms with Crippen molar-refractivity contribution in [1.82, 2.24) is 5.32 Å². The summed E-state index contributed by atoms with van der Waals surface area (Å²) in [5, 5.41) is 12.6. The van der Waals surface area contributed by atoms with Gasteiger partial charge in [0.15, 0.2) is 0 Å². The van der Waals surface area contributed by atoms with Crippen molar-refractivity contribution in [2.24, 2.45) is 5.92 Å². The van der Waals surface area contributed by atoms with Crippen molar-refractivity contribution in [3.63, 3.8) is 0 Å². The maximum absolute atomic E-state index is 12.1. The van der Waals surface area contributed by atoms with Gasteiger partial charge in [-0.15, -0.1) is 11.3 Å². The van der Waals surface area contributed by atoms with Gasteiger partial charge in [-0.2, -0.15) is 0 Å². The number of hydrogen-bond acceptors (Lipinski definition) is 3. The molecule has 0 saturated heterocycles. The quantitative estimate of drug-likeness (QED) is 0.891. The van der Waals surface area contributed by atoms with Crippen LogP contribution < -0.4 is 5.32 Å². The minimum Gasteiger partial charge on any atom is -0.393 e. The van der Waals surface area contributed by atoms with Crippen LogP contribution in [0.1, 0.15) is 52.7 Å². The fourth-order valence-corrected chi connectivity index (χ4v) is 3.79. The maximum Gasteiger partial charge on any atom is 0.261 e. The molecule has 0 spiro atoms. The molecule has 0 aliphatic heterocycles. The zero-order valence-electron chi connectivity index (χ0n) is 11.7. The van der Waals surface area contributed by atoms with Crippen LogP contribution in [-0.2, 0) is 6.42 Å². The molecule has 106 valence electrons. The molecule has 1 aliphatic carbocycles. The SMILES string of the molecule is CCc1sc(C(=O)NCC2CCCC(O)C2)cc1C. The topological polar surface area (TPSA) is 49.3 Å². The monoisotopic (exact) mass is 281 g/mol. The number of aryl methyl sites for hydroxylation is 2. The lowest BCUT2D eigenvalue weighted by Gasteiger charge is -2.25. The lowest BCUT2D eigenvalue weighted by atomic mass is 9.87. The molecule has 1 heterocycles. The molecule has 2 unspecified atom stereocenters. The second-order valence-electron chi connectivity index (χ2n) is 5.47. The second-order valence-corrected chi connectivity index (χ2v) is 6.60. The molecule has 2 rings (SSSR count). The van der Waals surface area contributed by atoms with Crippen LogP contribution in [0.25, 0.3) is 0 Å². The predicted octanol–water partition coefficient (Wildman–Crippen LogP) is 2.90. The molecule has 19 heavy (non-hydrogen) atoms. The number of aliphatic hydroxyl groups is 1. The van der Waals surface area contributed by atoms with Gasteiger partial charge in [0.1, 0.15) is 0 Å². The fourth-order valence-electron chi connectivity index (χ4n) is 2.75. The third-order valence-electron chi connectivity index (χ3n) is 3.87. The smallest absolute Gasteiger partial charge is 0.261 e. The summed E-state index contributed by atoms with van der Waals surface area (Å²) in [5.74, 6) is 0.465. The third kappa shape index (κ3) is 3.80. The fraction of sp³-hybridized carbons (Fsp3) is 0.667. The number of carbonyl (C=O) groups is 1. The maximum atomic E-state index is 12.1. The average Bonchev–Trinajstić information content (AvgIpc) is 2.77. The Labute approximate surface area is 119 Å². The summed E-state index contributed by atoms with van der Waals surface area (Å²) in [6.07, 6.45) is 4.73. The number of carbonyl (C=O) groups excluding carboxylic acids is 1. The summed E-state index contributed by atoms with van der Waals surface area (Å²) in [5.41, 5.74) is 1.21. The summed E-state index contributed by atoms with van der Waals surface area (Å²) in [4.78, 5) is 14.2. The zero-order chi connectivity index (χ0) is 13.8. The van der Waals surface area contributed by atoms with Gasteiger partial charge in [0, 0.05) is 11.4 Å². The molecular weight excluding hydrogens is 258 g/mol. The van der Waals surface area contributed by atoms with E-state index in [-0.39, 0.29) is 12.0 Å². The number of amides is 1. The first-order valence-corrected chi connectivity index (χ1v) is 7.97. The average molecular weight is 281 g/mol. The van der Waals surface area contributed by atoms with Gasteiger partial charge < -0.3 is 10.4 Å². The van der Waals surface area contributed by atoms with E-state index in [2.05, 4.69) is 19.2 Å². The minimum atomic E-state index is -0.175. The molecule has 2 N–H and O–H groups in total. The standard InChI is InChI=1S/C15H23NO2S/c1-3-13-10(2)7-14(19-13)15(18)16-9-11-5-4-6-12(17)8-11/h7,11-12,17H,3-6,8-9H2,1-2H3,(H,16,18). The van der Waals surface area contributed by atoms with Crippen LogP contribution in [0.4, 0.5) is 0 Å². The number of aliphatic hydroxyl groups excluding tert-OH is 1. The first-order chi connectivity index (χ1) is 9.10. The normalized spacial score (nSPS) is 23.3. The Morgan fingerprint density at radius 3 is 2.95 bits per heavy atom. The lowest BCUT2D eigenvalue weighted by molar-refractivity contribution is 0.0876. The van der Waals surface area contributed by atoms with Crippen LogP contribution in [-0.4, -0.2) is 23.7 Å². The van der Waals surface area contributed by atoms with Crippen LogP contribution in [0.3, 0.4) is 0 Å². The van der Waals surface area contributed by atoms with E-state index in [4.69, 9.17) is 0 Å². The molecule has 1 aromatic heterocycles. The van der Waals surface area contributed by atoms with E-state index in [1.807, 2.05) is 6.07 Å². The molecule has 1 amide bonds. The molecule has 1 fully saturated rings. The largest absolute Gasteiger partial charge is 0.393 e. The molecule has 0 bridgehead atoms. The van der Waals surface area contributed by atoms with Gasteiger partial charge in [-0.1, -0.05) is 13.3 Å². The molecule has 0 aromatic carbocycles. The van der Waals surface area contributed by atoms with Crippen molar-refractivity contribution in [3.8, 4) is 0 Å². The minimum absolute atomic E-state index is 0.0351. The van der Waals surface area contributed by atoms with Gasteiger partial charge in [-0.05, 0) is 50.2 Å². The predicted molar refractivity (Wildman–Crippen MR) is 78.7 cm³/mol. The summed E-state index contributed by atoms with van der Waals surface area (Å²) in [6.45, 7) is 4.86. The van der Waals surface area contributed by atoms with Crippen molar-refractivity contribution in [2.75, 3.05) is 6.54 Å². The van der Waals surface area contributed by atoms with E-state index in [1.54, 1.807) is 11.3 Å². The number of hydrogen-bond donors (Lipinski definition) is 2. The lowest BCUT2D eigenvalue weighted by Crippen LogP contribution is -2.32. The Hall–Kier alpha value is -0.870. The molecule has 4 heteroatoms. The van der Waals surface area contributed by atoms with Gasteiger partial charge in [0.25, 0.3) is 5.91 Å². The second kappa shape index (κ2) is 6.53. The Balaban J connectivity index is 1.86. The summed E-state index contributed by atoms with van der Waals surface area (Å²) >= 11 is 1.59. The number of thiophene rings is 1. The zero-order valence-corrected chi connectivity index (χ0v) is 12.6. The summed E-state index contributed by atoms with van der Waals surface area (Å²) < 4.78 is 0. The van der Waals surface area contributed by atoms with Gasteiger partial charge in [-0.25, -0.2) is 0 Å². The first kappa shape index (κ1) is 14.5. The summed E-state index contributed by atoms with van der Waals surface area (Å²) in [6, 6.07) is 1.98. The highest BCUT2D eigenvalue weighted by molar-refractivity contribution is 7.14. The highest BCUT2D eigenvalue weighted by atomic mass is 32.1. The molecule has 0 radical (unpaired) electrons. The van der Waals surface area contributed by atoms with E-state index >= 15 is 0 Å². The Morgan fingerprint density at radius 1 is 1.53 bits per heavy atom. The van der Waals surface area contributed by atoms with E-state index in [9.17, 15) is 9.90 Å². The van der Waals surface area contributed by atoms with Gasteiger partial charge in [0.05, 0.1) is 11.0 Å². The van der Waals surface area contributed by atoms with Crippen LogP contribution in [0, 0.1) is 12.8 Å². The number of nitrogens with one attached hydrogen (secondary N) is 1. The van der Waals surface area contributed by atoms with Gasteiger partial charge in [0.2, 0.25) is 0 Å². The van der Waals surface area contributed by atoms with Crippen LogP contribution >= 0.6 is 11.3 Å². The van der Waals surface area contributed by atoms with Crippen molar-refractivity contribution >= 4 is 17.2 Å².